The molecule has 0 saturated carbocycles. The fourth-order valence-corrected chi connectivity index (χ4v) is 2.76. The fraction of sp³-hybridized carbons (Fsp3) is 0.267. The smallest absolute Gasteiger partial charge is 0.217 e. The van der Waals surface area contributed by atoms with Crippen molar-refractivity contribution in [3.63, 3.8) is 0 Å². The van der Waals surface area contributed by atoms with Gasteiger partial charge in [0.1, 0.15) is 5.75 Å². The summed E-state index contributed by atoms with van der Waals surface area (Å²) in [6, 6.07) is 7.77. The number of carbonyl (C=O) groups is 1. The SMILES string of the molecule is COc1ccc(-c2csc([CH][C@H](C)CC(N)=O)n2)cc1. The average Bonchev–Trinajstić information content (AvgIpc) is 2.86. The van der Waals surface area contributed by atoms with Crippen LogP contribution in [0.25, 0.3) is 11.3 Å². The Balaban J connectivity index is 2.06. The number of methoxy groups -OCH3 is 1. The molecule has 0 bridgehead atoms. The predicted molar refractivity (Wildman–Crippen MR) is 80.5 cm³/mol. The zero-order valence-corrected chi connectivity index (χ0v) is 12.3. The van der Waals surface area contributed by atoms with Crippen LogP contribution in [-0.4, -0.2) is 18.0 Å². The number of nitrogens with two attached hydrogens (primary N) is 1. The second-order valence-electron chi connectivity index (χ2n) is 4.61. The van der Waals surface area contributed by atoms with Crippen LogP contribution in [0.4, 0.5) is 0 Å². The van der Waals surface area contributed by atoms with Gasteiger partial charge in [-0.1, -0.05) is 6.92 Å². The van der Waals surface area contributed by atoms with Crippen molar-refractivity contribution in [3.05, 3.63) is 41.1 Å². The van der Waals surface area contributed by atoms with E-state index in [1.165, 1.54) is 0 Å². The van der Waals surface area contributed by atoms with Gasteiger partial charge >= 0.3 is 0 Å². The first-order valence-corrected chi connectivity index (χ1v) is 7.19. The topological polar surface area (TPSA) is 65.2 Å². The highest BCUT2D eigenvalue weighted by Crippen LogP contribution is 2.26. The van der Waals surface area contributed by atoms with E-state index in [1.807, 2.05) is 43.0 Å². The predicted octanol–water partition coefficient (Wildman–Crippen LogP) is 2.88. The van der Waals surface area contributed by atoms with Gasteiger partial charge in [0.05, 0.1) is 17.8 Å². The summed E-state index contributed by atoms with van der Waals surface area (Å²) in [4.78, 5) is 15.4. The first kappa shape index (κ1) is 14.5. The van der Waals surface area contributed by atoms with Gasteiger partial charge in [-0.3, -0.25) is 4.79 Å². The number of aromatic nitrogens is 1. The van der Waals surface area contributed by atoms with Gasteiger partial charge in [0, 0.05) is 23.8 Å². The molecule has 1 radical (unpaired) electrons. The molecule has 105 valence electrons. The highest BCUT2D eigenvalue weighted by molar-refractivity contribution is 7.10. The largest absolute Gasteiger partial charge is 0.497 e. The fourth-order valence-electron chi connectivity index (χ4n) is 1.88. The molecule has 1 aromatic carbocycles. The second-order valence-corrected chi connectivity index (χ2v) is 5.50. The van der Waals surface area contributed by atoms with Gasteiger partial charge in [-0.15, -0.1) is 11.3 Å². The van der Waals surface area contributed by atoms with Crippen molar-refractivity contribution in [2.24, 2.45) is 11.7 Å². The van der Waals surface area contributed by atoms with Gasteiger partial charge in [-0.05, 0) is 30.2 Å². The summed E-state index contributed by atoms with van der Waals surface area (Å²) in [6.07, 6.45) is 2.32. The third-order valence-corrected chi connectivity index (χ3v) is 3.67. The van der Waals surface area contributed by atoms with E-state index in [0.717, 1.165) is 22.0 Å². The summed E-state index contributed by atoms with van der Waals surface area (Å²) in [5.41, 5.74) is 7.15. The average molecular weight is 289 g/mol. The number of hydrogen-bond acceptors (Lipinski definition) is 4. The maximum atomic E-state index is 10.9. The van der Waals surface area contributed by atoms with E-state index in [1.54, 1.807) is 18.4 Å². The zero-order chi connectivity index (χ0) is 14.5. The monoisotopic (exact) mass is 289 g/mol. The molecule has 0 aliphatic rings. The van der Waals surface area contributed by atoms with Crippen molar-refractivity contribution >= 4 is 17.2 Å². The van der Waals surface area contributed by atoms with Crippen LogP contribution in [0.1, 0.15) is 18.4 Å². The molecule has 0 fully saturated rings. The van der Waals surface area contributed by atoms with E-state index in [2.05, 4.69) is 4.98 Å². The van der Waals surface area contributed by atoms with Crippen molar-refractivity contribution in [1.29, 1.82) is 0 Å². The maximum absolute atomic E-state index is 10.9. The molecule has 4 nitrogen and oxygen atoms in total. The number of rotatable bonds is 6. The van der Waals surface area contributed by atoms with E-state index >= 15 is 0 Å². The molecule has 5 heteroatoms. The molecule has 2 aromatic rings. The minimum atomic E-state index is -0.291. The molecule has 0 spiro atoms. The van der Waals surface area contributed by atoms with Crippen molar-refractivity contribution in [2.45, 2.75) is 13.3 Å². The normalized spacial score (nSPS) is 12.1. The Hall–Kier alpha value is -1.88. The quantitative estimate of drug-likeness (QED) is 0.889. The molecular weight excluding hydrogens is 272 g/mol. The Morgan fingerprint density at radius 2 is 2.15 bits per heavy atom. The first-order chi connectivity index (χ1) is 9.58. The Morgan fingerprint density at radius 3 is 2.75 bits per heavy atom. The number of hydrogen-bond donors (Lipinski definition) is 1. The lowest BCUT2D eigenvalue weighted by molar-refractivity contribution is -0.118. The van der Waals surface area contributed by atoms with E-state index < -0.39 is 0 Å². The van der Waals surface area contributed by atoms with Crippen LogP contribution < -0.4 is 10.5 Å². The molecule has 2 rings (SSSR count). The molecule has 20 heavy (non-hydrogen) atoms. The van der Waals surface area contributed by atoms with Crippen LogP contribution in [-0.2, 0) is 4.79 Å². The van der Waals surface area contributed by atoms with Gasteiger partial charge < -0.3 is 10.5 Å². The number of nitrogens with zero attached hydrogens (tertiary/aromatic N) is 1. The van der Waals surface area contributed by atoms with Gasteiger partial charge in [0.15, 0.2) is 0 Å². The standard InChI is InChI=1S/C15H17N2O2S/c1-10(7-14(16)18)8-15-17-13(9-20-15)11-3-5-12(19-2)6-4-11/h3-6,8-10H,7H2,1-2H3,(H2,16,18)/t10-/m1/s1. The van der Waals surface area contributed by atoms with E-state index in [0.29, 0.717) is 6.42 Å². The van der Waals surface area contributed by atoms with E-state index in [9.17, 15) is 4.79 Å². The number of thiazole rings is 1. The van der Waals surface area contributed by atoms with Crippen LogP contribution in [0.15, 0.2) is 29.6 Å². The van der Waals surface area contributed by atoms with Crippen molar-refractivity contribution < 1.29 is 9.53 Å². The van der Waals surface area contributed by atoms with Crippen molar-refractivity contribution in [2.75, 3.05) is 7.11 Å². The lowest BCUT2D eigenvalue weighted by atomic mass is 10.0. The Morgan fingerprint density at radius 1 is 1.45 bits per heavy atom. The summed E-state index contributed by atoms with van der Waals surface area (Å²) in [5.74, 6) is 0.633. The van der Waals surface area contributed by atoms with Crippen LogP contribution in [0, 0.1) is 12.3 Å². The summed E-state index contributed by atoms with van der Waals surface area (Å²) < 4.78 is 5.13. The van der Waals surface area contributed by atoms with Gasteiger partial charge in [-0.25, -0.2) is 4.98 Å². The lowest BCUT2D eigenvalue weighted by Crippen LogP contribution is -2.15. The van der Waals surface area contributed by atoms with Gasteiger partial charge in [0.2, 0.25) is 5.91 Å². The van der Waals surface area contributed by atoms with E-state index in [-0.39, 0.29) is 11.8 Å². The maximum Gasteiger partial charge on any atom is 0.217 e. The van der Waals surface area contributed by atoms with Crippen LogP contribution in [0.5, 0.6) is 5.75 Å². The molecule has 0 unspecified atom stereocenters. The summed E-state index contributed by atoms with van der Waals surface area (Å²) >= 11 is 1.56. The number of primary amides is 1. The minimum Gasteiger partial charge on any atom is -0.497 e. The molecule has 2 N–H and O–H groups in total. The summed E-state index contributed by atoms with van der Waals surface area (Å²) in [5, 5.41) is 2.91. The molecule has 1 heterocycles. The summed E-state index contributed by atoms with van der Waals surface area (Å²) in [7, 11) is 1.64. The van der Waals surface area contributed by atoms with Crippen molar-refractivity contribution in [1.82, 2.24) is 4.98 Å². The number of amides is 1. The Kier molecular flexibility index (Phi) is 4.74. The highest BCUT2D eigenvalue weighted by atomic mass is 32.1. The Labute approximate surface area is 122 Å². The number of ether oxygens (including phenoxy) is 1. The molecule has 1 amide bonds. The van der Waals surface area contributed by atoms with Crippen LogP contribution >= 0.6 is 11.3 Å². The second kappa shape index (κ2) is 6.52. The molecule has 1 atom stereocenters. The Bertz CT molecular complexity index is 578. The number of benzene rings is 1. The van der Waals surface area contributed by atoms with E-state index in [4.69, 9.17) is 10.5 Å². The first-order valence-electron chi connectivity index (χ1n) is 6.31. The molecular formula is C15H17N2O2S. The third kappa shape index (κ3) is 3.81. The molecule has 1 aromatic heterocycles. The third-order valence-electron chi connectivity index (χ3n) is 2.86. The van der Waals surface area contributed by atoms with Crippen LogP contribution in [0.2, 0.25) is 0 Å². The van der Waals surface area contributed by atoms with Crippen molar-refractivity contribution in [3.8, 4) is 17.0 Å². The van der Waals surface area contributed by atoms with Crippen LogP contribution in [0.3, 0.4) is 0 Å². The molecule has 0 aliphatic heterocycles. The molecule has 0 saturated heterocycles. The molecule has 0 aliphatic carbocycles. The number of carbonyl (C=O) groups excluding carboxylic acids is 1. The van der Waals surface area contributed by atoms with Gasteiger partial charge in [-0.2, -0.15) is 0 Å². The highest BCUT2D eigenvalue weighted by Gasteiger charge is 2.11. The zero-order valence-electron chi connectivity index (χ0n) is 11.5. The van der Waals surface area contributed by atoms with Gasteiger partial charge in [0.25, 0.3) is 0 Å². The minimum absolute atomic E-state index is 0.0994. The summed E-state index contributed by atoms with van der Waals surface area (Å²) in [6.45, 7) is 1.96. The lowest BCUT2D eigenvalue weighted by Gasteiger charge is -2.05.